The molecule has 1 spiro atoms. The minimum atomic E-state index is -0.440. The number of carbonyl (C=O) groups is 1. The number of amides is 1. The number of benzene rings is 1. The van der Waals surface area contributed by atoms with Crippen molar-refractivity contribution in [1.82, 2.24) is 15.5 Å². The van der Waals surface area contributed by atoms with Gasteiger partial charge in [0.25, 0.3) is 5.91 Å². The van der Waals surface area contributed by atoms with Gasteiger partial charge in [0.2, 0.25) is 0 Å². The van der Waals surface area contributed by atoms with Crippen molar-refractivity contribution in [3.8, 4) is 10.4 Å². The van der Waals surface area contributed by atoms with Crippen molar-refractivity contribution in [2.45, 2.75) is 25.4 Å². The van der Waals surface area contributed by atoms with Gasteiger partial charge in [0, 0.05) is 47.8 Å². The van der Waals surface area contributed by atoms with E-state index in [9.17, 15) is 9.18 Å². The first-order chi connectivity index (χ1) is 13.5. The first kappa shape index (κ1) is 17.2. The topological polar surface area (TPSA) is 73.0 Å². The largest absolute Gasteiger partial charge is 0.371 e. The van der Waals surface area contributed by atoms with E-state index >= 15 is 0 Å². The summed E-state index contributed by atoms with van der Waals surface area (Å²) in [5.41, 5.74) is 3.46. The molecule has 8 heteroatoms. The van der Waals surface area contributed by atoms with Gasteiger partial charge in [-0.15, -0.1) is 11.3 Å². The lowest BCUT2D eigenvalue weighted by Gasteiger charge is -2.45. The summed E-state index contributed by atoms with van der Waals surface area (Å²) >= 11 is 1.48. The number of fused-ring (bicyclic) bond motifs is 1. The van der Waals surface area contributed by atoms with Crippen molar-refractivity contribution in [2.24, 2.45) is 0 Å². The Morgan fingerprint density at radius 3 is 2.61 bits per heavy atom. The normalized spacial score (nSPS) is 17.9. The monoisotopic (exact) mass is 397 g/mol. The SMILES string of the molecule is Cc1[nH]ncc1-c1cc2c(s1)C(=O)NC1(CCN(c3ccc(F)cc3)CC1)N2. The zero-order valence-corrected chi connectivity index (χ0v) is 16.2. The Morgan fingerprint density at radius 1 is 1.18 bits per heavy atom. The van der Waals surface area contributed by atoms with Crippen LogP contribution in [0, 0.1) is 12.7 Å². The fraction of sp³-hybridized carbons (Fsp3) is 0.300. The average molecular weight is 397 g/mol. The van der Waals surface area contributed by atoms with Gasteiger partial charge in [-0.2, -0.15) is 5.10 Å². The van der Waals surface area contributed by atoms with E-state index in [1.807, 2.05) is 13.0 Å². The average Bonchev–Trinajstić information content (AvgIpc) is 3.29. The van der Waals surface area contributed by atoms with Crippen molar-refractivity contribution >= 4 is 28.6 Å². The zero-order chi connectivity index (χ0) is 19.3. The highest BCUT2D eigenvalue weighted by molar-refractivity contribution is 7.18. The third-order valence-corrected chi connectivity index (χ3v) is 6.74. The van der Waals surface area contributed by atoms with Gasteiger partial charge in [0.05, 0.1) is 11.9 Å². The number of anilines is 2. The van der Waals surface area contributed by atoms with Crippen LogP contribution >= 0.6 is 11.3 Å². The molecule has 0 atom stereocenters. The Bertz CT molecular complexity index is 1030. The number of nitrogens with zero attached hydrogens (tertiary/aromatic N) is 2. The van der Waals surface area contributed by atoms with Crippen LogP contribution in [-0.2, 0) is 0 Å². The van der Waals surface area contributed by atoms with E-state index in [1.165, 1.54) is 23.5 Å². The third-order valence-electron chi connectivity index (χ3n) is 5.57. The number of nitrogens with one attached hydrogen (secondary N) is 3. The number of rotatable bonds is 2. The van der Waals surface area contributed by atoms with Gasteiger partial charge in [0.1, 0.15) is 16.4 Å². The minimum absolute atomic E-state index is 0.0265. The van der Waals surface area contributed by atoms with Crippen molar-refractivity contribution in [3.05, 3.63) is 52.9 Å². The summed E-state index contributed by atoms with van der Waals surface area (Å²) in [6.45, 7) is 3.54. The van der Waals surface area contributed by atoms with E-state index in [0.29, 0.717) is 4.88 Å². The van der Waals surface area contributed by atoms with Gasteiger partial charge in [-0.3, -0.25) is 9.89 Å². The van der Waals surface area contributed by atoms with Crippen LogP contribution in [0.3, 0.4) is 0 Å². The molecule has 3 aromatic rings. The molecule has 2 aliphatic rings. The van der Waals surface area contributed by atoms with Crippen molar-refractivity contribution in [2.75, 3.05) is 23.3 Å². The number of piperidine rings is 1. The molecular formula is C20H20FN5OS. The molecule has 1 saturated heterocycles. The highest BCUT2D eigenvalue weighted by Gasteiger charge is 2.41. The molecule has 0 bridgehead atoms. The number of aromatic amines is 1. The van der Waals surface area contributed by atoms with E-state index in [2.05, 4.69) is 25.7 Å². The lowest BCUT2D eigenvalue weighted by Crippen LogP contribution is -2.62. The summed E-state index contributed by atoms with van der Waals surface area (Å²) in [4.78, 5) is 16.8. The number of hydrogen-bond acceptors (Lipinski definition) is 5. The molecule has 144 valence electrons. The molecule has 0 unspecified atom stereocenters. The maximum atomic E-state index is 13.2. The fourth-order valence-corrected chi connectivity index (χ4v) is 5.07. The molecule has 0 radical (unpaired) electrons. The molecule has 0 saturated carbocycles. The second-order valence-electron chi connectivity index (χ2n) is 7.39. The molecule has 2 aliphatic heterocycles. The van der Waals surface area contributed by atoms with Crippen LogP contribution in [0.5, 0.6) is 0 Å². The molecule has 0 aliphatic carbocycles. The second kappa shape index (κ2) is 6.34. The second-order valence-corrected chi connectivity index (χ2v) is 8.44. The molecule has 4 heterocycles. The smallest absolute Gasteiger partial charge is 0.265 e. The number of hydrogen-bond donors (Lipinski definition) is 3. The summed E-state index contributed by atoms with van der Waals surface area (Å²) < 4.78 is 13.2. The van der Waals surface area contributed by atoms with Crippen LogP contribution in [0.4, 0.5) is 15.8 Å². The number of H-pyrrole nitrogens is 1. The fourth-order valence-electron chi connectivity index (χ4n) is 4.00. The number of halogens is 1. The quantitative estimate of drug-likeness (QED) is 0.616. The predicted molar refractivity (Wildman–Crippen MR) is 108 cm³/mol. The van der Waals surface area contributed by atoms with Crippen LogP contribution in [0.2, 0.25) is 0 Å². The number of thiophene rings is 1. The Morgan fingerprint density at radius 2 is 1.93 bits per heavy atom. The van der Waals surface area contributed by atoms with Crippen LogP contribution in [0.25, 0.3) is 10.4 Å². The number of aryl methyl sites for hydroxylation is 1. The number of carbonyl (C=O) groups excluding carboxylic acids is 1. The predicted octanol–water partition coefficient (Wildman–Crippen LogP) is 3.74. The molecule has 1 fully saturated rings. The maximum absolute atomic E-state index is 13.2. The van der Waals surface area contributed by atoms with Crippen LogP contribution in [-0.4, -0.2) is 34.9 Å². The molecule has 5 rings (SSSR count). The summed E-state index contributed by atoms with van der Waals surface area (Å²) in [6.07, 6.45) is 3.33. The lowest BCUT2D eigenvalue weighted by molar-refractivity contribution is 0.0890. The van der Waals surface area contributed by atoms with E-state index in [0.717, 1.165) is 53.4 Å². The van der Waals surface area contributed by atoms with E-state index in [-0.39, 0.29) is 11.7 Å². The Balaban J connectivity index is 1.36. The molecule has 1 amide bonds. The first-order valence-electron chi connectivity index (χ1n) is 9.28. The highest BCUT2D eigenvalue weighted by Crippen LogP contribution is 2.41. The van der Waals surface area contributed by atoms with E-state index < -0.39 is 5.66 Å². The van der Waals surface area contributed by atoms with E-state index in [4.69, 9.17) is 0 Å². The van der Waals surface area contributed by atoms with Crippen molar-refractivity contribution in [1.29, 1.82) is 0 Å². The van der Waals surface area contributed by atoms with Crippen molar-refractivity contribution < 1.29 is 9.18 Å². The van der Waals surface area contributed by atoms with Crippen LogP contribution in [0.1, 0.15) is 28.2 Å². The standard InChI is InChI=1S/C20H20FN5OS/c1-12-15(11-22-25-12)17-10-16-18(28-17)19(27)24-20(23-16)6-8-26(9-7-20)14-4-2-13(21)3-5-14/h2-5,10-11,23H,6-9H2,1H3,(H,22,25)(H,24,27). The first-order valence-corrected chi connectivity index (χ1v) is 10.1. The number of aromatic nitrogens is 2. The third kappa shape index (κ3) is 2.84. The van der Waals surface area contributed by atoms with Crippen LogP contribution in [0.15, 0.2) is 36.5 Å². The molecule has 1 aromatic carbocycles. The molecule has 6 nitrogen and oxygen atoms in total. The Hall–Kier alpha value is -2.87. The van der Waals surface area contributed by atoms with Gasteiger partial charge < -0.3 is 15.5 Å². The summed E-state index contributed by atoms with van der Waals surface area (Å²) in [7, 11) is 0. The molecular weight excluding hydrogens is 377 g/mol. The Kier molecular flexibility index (Phi) is 3.90. The molecule has 2 aromatic heterocycles. The summed E-state index contributed by atoms with van der Waals surface area (Å²) in [5, 5.41) is 13.8. The highest BCUT2D eigenvalue weighted by atomic mass is 32.1. The minimum Gasteiger partial charge on any atom is -0.371 e. The Labute approximate surface area is 165 Å². The van der Waals surface area contributed by atoms with Gasteiger partial charge in [0.15, 0.2) is 0 Å². The summed E-state index contributed by atoms with van der Waals surface area (Å²) in [5.74, 6) is -0.256. The van der Waals surface area contributed by atoms with Gasteiger partial charge in [-0.25, -0.2) is 4.39 Å². The van der Waals surface area contributed by atoms with Gasteiger partial charge >= 0.3 is 0 Å². The zero-order valence-electron chi connectivity index (χ0n) is 15.4. The molecule has 3 N–H and O–H groups in total. The van der Waals surface area contributed by atoms with Gasteiger partial charge in [-0.1, -0.05) is 0 Å². The van der Waals surface area contributed by atoms with Gasteiger partial charge in [-0.05, 0) is 37.3 Å². The van der Waals surface area contributed by atoms with Crippen molar-refractivity contribution in [3.63, 3.8) is 0 Å². The van der Waals surface area contributed by atoms with E-state index in [1.54, 1.807) is 18.3 Å². The molecule has 28 heavy (non-hydrogen) atoms. The summed E-state index contributed by atoms with van der Waals surface area (Å²) in [6, 6.07) is 8.62. The lowest BCUT2D eigenvalue weighted by atomic mass is 9.93. The van der Waals surface area contributed by atoms with Crippen LogP contribution < -0.4 is 15.5 Å². The maximum Gasteiger partial charge on any atom is 0.265 e.